The molecule has 0 amide bonds. The predicted molar refractivity (Wildman–Crippen MR) is 41.2 cm³/mol. The third-order valence-electron chi connectivity index (χ3n) is 1.08. The number of hydrogen-bond acceptors (Lipinski definition) is 0. The molecule has 0 aromatic heterocycles. The van der Waals surface area contributed by atoms with Crippen LogP contribution in [-0.2, 0) is 0 Å². The van der Waals surface area contributed by atoms with Crippen LogP contribution in [0.4, 0.5) is 0 Å². The summed E-state index contributed by atoms with van der Waals surface area (Å²) >= 11 is 0. The van der Waals surface area contributed by atoms with E-state index in [2.05, 4.69) is 26.0 Å². The van der Waals surface area contributed by atoms with Gasteiger partial charge in [-0.15, -0.1) is 0 Å². The molecule has 0 aliphatic heterocycles. The first-order valence-electron chi connectivity index (χ1n) is 2.73. The molecule has 0 saturated carbocycles. The van der Waals surface area contributed by atoms with Crippen LogP contribution in [0.2, 0.25) is 0 Å². The molecule has 1 heteroatoms. The van der Waals surface area contributed by atoms with E-state index in [1.165, 1.54) is 11.1 Å². The smallest absolute Gasteiger partial charge is 0.358 e. The quantitative estimate of drug-likeness (QED) is 0.355. The average molecular weight is 159 g/mol. The van der Waals surface area contributed by atoms with Gasteiger partial charge in [0.2, 0.25) is 0 Å². The number of aryl methyl sites for hydroxylation is 2. The summed E-state index contributed by atoms with van der Waals surface area (Å²) in [5.41, 5.74) is 2.56. The summed E-state index contributed by atoms with van der Waals surface area (Å²) < 4.78 is 0. The van der Waals surface area contributed by atoms with Gasteiger partial charge in [0.25, 0.3) is 0 Å². The van der Waals surface area contributed by atoms with E-state index in [0.29, 0.717) is 0 Å². The molecule has 0 fully saturated rings. The van der Waals surface area contributed by atoms with Crippen molar-refractivity contribution in [2.75, 3.05) is 0 Å². The van der Waals surface area contributed by atoms with E-state index in [0.717, 1.165) is 0 Å². The zero-order valence-corrected chi connectivity index (χ0v) is 10.4. The van der Waals surface area contributed by atoms with E-state index in [4.69, 9.17) is 0 Å². The Hall–Kier alpha value is 0.856. The monoisotopic (exact) mass is 159 g/mol. The van der Waals surface area contributed by atoms with Crippen molar-refractivity contribution in [2.24, 2.45) is 0 Å². The summed E-state index contributed by atoms with van der Waals surface area (Å²) in [5.74, 6) is 0. The number of benzene rings is 1. The molecule has 1 aromatic rings. The first kappa shape index (κ1) is 13.4. The van der Waals surface area contributed by atoms with E-state index in [1.54, 1.807) is 0 Å². The van der Waals surface area contributed by atoms with Crippen molar-refractivity contribution in [3.05, 3.63) is 42.8 Å². The van der Waals surface area contributed by atoms with Gasteiger partial charge >= 0.3 is 51.4 Å². The van der Waals surface area contributed by atoms with E-state index in [1.807, 2.05) is 12.1 Å². The molecule has 0 saturated heterocycles. The van der Waals surface area contributed by atoms with Crippen LogP contribution in [0.25, 0.3) is 0 Å². The van der Waals surface area contributed by atoms with Crippen molar-refractivity contribution in [2.45, 2.75) is 13.8 Å². The maximum absolute atomic E-state index is 3.03. The Morgan fingerprint density at radius 2 is 1.50 bits per heavy atom. The van der Waals surface area contributed by atoms with Crippen LogP contribution in [0.1, 0.15) is 11.1 Å². The van der Waals surface area contributed by atoms with E-state index < -0.39 is 0 Å². The maximum atomic E-state index is 3.03. The van der Waals surface area contributed by atoms with Gasteiger partial charge in [0.05, 0.1) is 0 Å². The number of rotatable bonds is 0. The van der Waals surface area contributed by atoms with Crippen molar-refractivity contribution in [1.29, 1.82) is 0 Å². The summed E-state index contributed by atoms with van der Waals surface area (Å²) in [4.78, 5) is 0. The molecule has 0 atom stereocenters. The van der Waals surface area contributed by atoms with Gasteiger partial charge in [-0.05, 0) is 0 Å². The summed E-state index contributed by atoms with van der Waals surface area (Å²) in [5, 5.41) is 0. The van der Waals surface area contributed by atoms with Crippen molar-refractivity contribution >= 4 is 0 Å². The fourth-order valence-electron chi connectivity index (χ4n) is 0.747. The molecule has 0 heterocycles. The molecule has 0 radical (unpaired) electrons. The van der Waals surface area contributed by atoms with E-state index >= 15 is 0 Å². The van der Waals surface area contributed by atoms with Crippen LogP contribution in [0.5, 0.6) is 0 Å². The Balaban J connectivity index is 0. The Bertz CT molecular complexity index is 165. The molecule has 1 aromatic carbocycles. The molecule has 1 rings (SSSR count). The van der Waals surface area contributed by atoms with Gasteiger partial charge in [0, 0.05) is 0 Å². The second-order valence-corrected chi connectivity index (χ2v) is 2.09. The number of hydrogen-bond donors (Lipinski definition) is 0. The van der Waals surface area contributed by atoms with Crippen LogP contribution < -0.4 is 51.4 Å². The summed E-state index contributed by atoms with van der Waals surface area (Å²) in [6.45, 7) is 4.15. The molecule has 0 unspecified atom stereocenters. The second kappa shape index (κ2) is 6.56. The molecular weight excluding hydrogens is 147 g/mol. The normalized spacial score (nSPS) is 7.40. The molecule has 0 aliphatic carbocycles. The van der Waals surface area contributed by atoms with Gasteiger partial charge in [-0.1, -0.05) is 13.8 Å². The van der Waals surface area contributed by atoms with Gasteiger partial charge in [-0.3, -0.25) is 0 Å². The Kier molecular flexibility index (Phi) is 8.82. The van der Waals surface area contributed by atoms with Crippen LogP contribution in [0, 0.1) is 27.3 Å². The predicted octanol–water partition coefficient (Wildman–Crippen LogP) is -0.442. The first-order chi connectivity index (χ1) is 3.79. The van der Waals surface area contributed by atoms with Crippen molar-refractivity contribution in [3.63, 3.8) is 0 Å². The molecule has 0 N–H and O–H groups in total. The van der Waals surface area contributed by atoms with Gasteiger partial charge in [0.15, 0.2) is 0 Å². The molecule has 0 bridgehead atoms. The molecule has 50 valence electrons. The van der Waals surface area contributed by atoms with Crippen molar-refractivity contribution in [1.82, 2.24) is 0 Å². The van der Waals surface area contributed by atoms with Crippen molar-refractivity contribution in [3.8, 4) is 0 Å². The zero-order valence-electron chi connectivity index (χ0n) is 7.23. The first-order valence-corrected chi connectivity index (χ1v) is 2.73. The van der Waals surface area contributed by atoms with E-state index in [-0.39, 0.29) is 58.8 Å². The molecular formula is C9H12K-. The SMILES string of the molecule is Cc1c[c-]cc(C)c1.[CH3-].[K+]. The largest absolute Gasteiger partial charge is 1.00 e. The summed E-state index contributed by atoms with van der Waals surface area (Å²) in [6, 6.07) is 9.12. The Labute approximate surface area is 106 Å². The molecule has 0 aliphatic rings. The topological polar surface area (TPSA) is 0 Å². The van der Waals surface area contributed by atoms with Crippen LogP contribution in [0.3, 0.4) is 0 Å². The fraction of sp³-hybridized carbons (Fsp3) is 0.222. The molecule has 0 nitrogen and oxygen atoms in total. The zero-order chi connectivity index (χ0) is 5.98. The molecule has 0 spiro atoms. The van der Waals surface area contributed by atoms with Crippen LogP contribution in [-0.4, -0.2) is 0 Å². The Morgan fingerprint density at radius 1 is 1.10 bits per heavy atom. The minimum atomic E-state index is 0. The fourth-order valence-corrected chi connectivity index (χ4v) is 0.747. The third kappa shape index (κ3) is 4.64. The van der Waals surface area contributed by atoms with Gasteiger partial charge in [-0.2, -0.15) is 35.4 Å². The average Bonchev–Trinajstić information content (AvgIpc) is 1.64. The minimum Gasteiger partial charge on any atom is -0.358 e. The van der Waals surface area contributed by atoms with Crippen molar-refractivity contribution < 1.29 is 51.4 Å². The van der Waals surface area contributed by atoms with Crippen LogP contribution in [0.15, 0.2) is 18.2 Å². The molecule has 10 heavy (non-hydrogen) atoms. The summed E-state index contributed by atoms with van der Waals surface area (Å²) in [7, 11) is 0. The standard InChI is InChI=1S/C8H9.CH3.K/c1-7-4-3-5-8(2)6-7;;/h4-6H,1-2H3;1H3;/q2*-1;+1. The third-order valence-corrected chi connectivity index (χ3v) is 1.08. The Morgan fingerprint density at radius 3 is 1.70 bits per heavy atom. The second-order valence-electron chi connectivity index (χ2n) is 2.09. The van der Waals surface area contributed by atoms with Gasteiger partial charge in [-0.25, -0.2) is 0 Å². The van der Waals surface area contributed by atoms with Gasteiger partial charge in [0.1, 0.15) is 0 Å². The van der Waals surface area contributed by atoms with E-state index in [9.17, 15) is 0 Å². The summed E-state index contributed by atoms with van der Waals surface area (Å²) in [6.07, 6.45) is 0. The minimum absolute atomic E-state index is 0. The van der Waals surface area contributed by atoms with Crippen LogP contribution >= 0.6 is 0 Å². The van der Waals surface area contributed by atoms with Gasteiger partial charge < -0.3 is 7.43 Å². The maximum Gasteiger partial charge on any atom is 1.00 e.